The second-order valence-corrected chi connectivity index (χ2v) is 8.49. The molecule has 5 nitrogen and oxygen atoms in total. The van der Waals surface area contributed by atoms with Crippen molar-refractivity contribution >= 4 is 11.0 Å². The van der Waals surface area contributed by atoms with Crippen LogP contribution in [0.4, 0.5) is 4.39 Å². The van der Waals surface area contributed by atoms with E-state index < -0.39 is 0 Å². The van der Waals surface area contributed by atoms with Gasteiger partial charge in [0.15, 0.2) is 0 Å². The lowest BCUT2D eigenvalue weighted by Gasteiger charge is -2.34. The van der Waals surface area contributed by atoms with Gasteiger partial charge in [-0.1, -0.05) is 29.8 Å². The number of ether oxygens (including phenoxy) is 1. The van der Waals surface area contributed by atoms with E-state index in [1.807, 2.05) is 6.07 Å². The predicted molar refractivity (Wildman–Crippen MR) is 120 cm³/mol. The maximum atomic E-state index is 14.5. The van der Waals surface area contributed by atoms with Crippen LogP contribution in [-0.4, -0.2) is 52.8 Å². The summed E-state index contributed by atoms with van der Waals surface area (Å²) in [5.74, 6) is 0.447. The first-order valence-corrected chi connectivity index (χ1v) is 11.0. The fourth-order valence-electron chi connectivity index (χ4n) is 4.39. The molecule has 1 saturated heterocycles. The molecule has 31 heavy (non-hydrogen) atoms. The van der Waals surface area contributed by atoms with Gasteiger partial charge in [-0.25, -0.2) is 9.37 Å². The van der Waals surface area contributed by atoms with Crippen molar-refractivity contribution in [2.45, 2.75) is 38.7 Å². The lowest BCUT2D eigenvalue weighted by molar-refractivity contribution is 0.0600. The Hall–Kier alpha value is -2.57. The number of pyridine rings is 2. The van der Waals surface area contributed by atoms with Crippen molar-refractivity contribution in [3.05, 3.63) is 65.1 Å². The minimum absolute atomic E-state index is 0.307. The number of aliphatic hydroxyl groups excluding tert-OH is 1. The van der Waals surface area contributed by atoms with Gasteiger partial charge in [0.05, 0.1) is 30.4 Å². The van der Waals surface area contributed by atoms with Gasteiger partial charge >= 0.3 is 0 Å². The molecule has 1 aromatic carbocycles. The summed E-state index contributed by atoms with van der Waals surface area (Å²) in [6, 6.07) is 11.9. The van der Waals surface area contributed by atoms with Crippen molar-refractivity contribution in [2.24, 2.45) is 5.92 Å². The monoisotopic (exact) mass is 423 g/mol. The smallest absolute Gasteiger partial charge is 0.213 e. The zero-order valence-corrected chi connectivity index (χ0v) is 18.2. The van der Waals surface area contributed by atoms with E-state index >= 15 is 0 Å². The molecule has 2 aromatic heterocycles. The number of nitrogens with zero attached hydrogens (tertiary/aromatic N) is 3. The molecule has 1 N–H and O–H groups in total. The first kappa shape index (κ1) is 21.7. The van der Waals surface area contributed by atoms with E-state index in [-0.39, 0.29) is 11.9 Å². The number of hydrogen-bond donors (Lipinski definition) is 1. The Labute approximate surface area is 182 Å². The van der Waals surface area contributed by atoms with Crippen LogP contribution in [0.2, 0.25) is 0 Å². The summed E-state index contributed by atoms with van der Waals surface area (Å²) in [7, 11) is 1.55. The van der Waals surface area contributed by atoms with Crippen LogP contribution in [0.5, 0.6) is 5.88 Å². The fraction of sp³-hybridized carbons (Fsp3) is 0.440. The van der Waals surface area contributed by atoms with Crippen LogP contribution in [0, 0.1) is 18.7 Å². The molecule has 0 radical (unpaired) electrons. The van der Waals surface area contributed by atoms with E-state index in [0.717, 1.165) is 32.5 Å². The van der Waals surface area contributed by atoms with E-state index in [9.17, 15) is 9.50 Å². The number of fused-ring (bicyclic) bond motifs is 1. The van der Waals surface area contributed by atoms with Gasteiger partial charge in [-0.15, -0.1) is 0 Å². The standard InChI is InChI=1S/C25H30FN3O2/c1-17-3-5-18(6-4-17)15-23(30)19-9-12-29(13-10-19)14-11-20-21(26)16-27-22-7-8-24(31-2)28-25(20)22/h3-8,16,19,23,30H,9-15H2,1-2H3/t23-/m0/s1. The Kier molecular flexibility index (Phi) is 6.78. The summed E-state index contributed by atoms with van der Waals surface area (Å²) < 4.78 is 19.7. The van der Waals surface area contributed by atoms with Crippen LogP contribution in [0.15, 0.2) is 42.6 Å². The first-order valence-electron chi connectivity index (χ1n) is 11.0. The molecule has 1 aliphatic rings. The van der Waals surface area contributed by atoms with Crippen molar-refractivity contribution < 1.29 is 14.2 Å². The van der Waals surface area contributed by atoms with E-state index in [0.29, 0.717) is 41.2 Å². The number of aliphatic hydroxyl groups is 1. The van der Waals surface area contributed by atoms with Crippen LogP contribution < -0.4 is 4.74 Å². The molecule has 3 heterocycles. The average molecular weight is 424 g/mol. The Bertz CT molecular complexity index is 1020. The van der Waals surface area contributed by atoms with Gasteiger partial charge in [0.1, 0.15) is 5.82 Å². The maximum Gasteiger partial charge on any atom is 0.213 e. The van der Waals surface area contributed by atoms with Crippen LogP contribution >= 0.6 is 0 Å². The quantitative estimate of drug-likeness (QED) is 0.624. The molecule has 3 aromatic rings. The molecule has 1 atom stereocenters. The van der Waals surface area contributed by atoms with Gasteiger partial charge in [-0.2, -0.15) is 0 Å². The average Bonchev–Trinajstić information content (AvgIpc) is 2.80. The molecule has 0 aliphatic carbocycles. The van der Waals surface area contributed by atoms with E-state index in [1.165, 1.54) is 17.3 Å². The first-order chi connectivity index (χ1) is 15.0. The van der Waals surface area contributed by atoms with Gasteiger partial charge in [-0.3, -0.25) is 4.98 Å². The molecule has 6 heteroatoms. The van der Waals surface area contributed by atoms with Crippen molar-refractivity contribution in [3.63, 3.8) is 0 Å². The molecule has 0 unspecified atom stereocenters. The highest BCUT2D eigenvalue weighted by molar-refractivity contribution is 5.78. The van der Waals surface area contributed by atoms with Crippen LogP contribution in [0.3, 0.4) is 0 Å². The molecule has 1 aliphatic heterocycles. The van der Waals surface area contributed by atoms with E-state index in [1.54, 1.807) is 13.2 Å². The predicted octanol–water partition coefficient (Wildman–Crippen LogP) is 3.94. The van der Waals surface area contributed by atoms with Gasteiger partial charge in [0, 0.05) is 18.2 Å². The van der Waals surface area contributed by atoms with E-state index in [2.05, 4.69) is 46.1 Å². The van der Waals surface area contributed by atoms with Crippen LogP contribution in [0.1, 0.15) is 29.5 Å². The maximum absolute atomic E-state index is 14.5. The van der Waals surface area contributed by atoms with Gasteiger partial charge < -0.3 is 14.7 Å². The minimum Gasteiger partial charge on any atom is -0.481 e. The number of methoxy groups -OCH3 is 1. The Morgan fingerprint density at radius 2 is 1.90 bits per heavy atom. The summed E-state index contributed by atoms with van der Waals surface area (Å²) in [6.45, 7) is 4.66. The molecular formula is C25H30FN3O2. The van der Waals surface area contributed by atoms with Gasteiger partial charge in [-0.05, 0) is 63.2 Å². The second kappa shape index (κ2) is 9.71. The van der Waals surface area contributed by atoms with Crippen molar-refractivity contribution in [1.82, 2.24) is 14.9 Å². The Morgan fingerprint density at radius 1 is 1.16 bits per heavy atom. The number of piperidine rings is 1. The third kappa shape index (κ3) is 5.20. The molecule has 4 rings (SSSR count). The Morgan fingerprint density at radius 3 is 2.61 bits per heavy atom. The summed E-state index contributed by atoms with van der Waals surface area (Å²) >= 11 is 0. The second-order valence-electron chi connectivity index (χ2n) is 8.49. The summed E-state index contributed by atoms with van der Waals surface area (Å²) in [4.78, 5) is 10.9. The van der Waals surface area contributed by atoms with Crippen LogP contribution in [0.25, 0.3) is 11.0 Å². The molecule has 0 spiro atoms. The largest absolute Gasteiger partial charge is 0.481 e. The lowest BCUT2D eigenvalue weighted by atomic mass is 9.87. The van der Waals surface area contributed by atoms with Gasteiger partial charge in [0.2, 0.25) is 5.88 Å². The number of benzene rings is 1. The van der Waals surface area contributed by atoms with E-state index in [4.69, 9.17) is 4.74 Å². The lowest BCUT2D eigenvalue weighted by Crippen LogP contribution is -2.39. The third-order valence-electron chi connectivity index (χ3n) is 6.37. The number of aromatic nitrogens is 2. The number of aryl methyl sites for hydroxylation is 1. The summed E-state index contributed by atoms with van der Waals surface area (Å²) in [5, 5.41) is 10.7. The zero-order chi connectivity index (χ0) is 21.8. The fourth-order valence-corrected chi connectivity index (χ4v) is 4.39. The van der Waals surface area contributed by atoms with Crippen LogP contribution in [-0.2, 0) is 12.8 Å². The van der Waals surface area contributed by atoms with Crippen molar-refractivity contribution in [1.29, 1.82) is 0 Å². The molecule has 1 fully saturated rings. The summed E-state index contributed by atoms with van der Waals surface area (Å²) in [5.41, 5.74) is 4.26. The normalized spacial score (nSPS) is 16.5. The number of halogens is 1. The zero-order valence-electron chi connectivity index (χ0n) is 18.2. The highest BCUT2D eigenvalue weighted by atomic mass is 19.1. The van der Waals surface area contributed by atoms with Crippen molar-refractivity contribution in [2.75, 3.05) is 26.7 Å². The molecule has 164 valence electrons. The minimum atomic E-state index is -0.323. The number of likely N-dealkylation sites (tertiary alicyclic amines) is 1. The van der Waals surface area contributed by atoms with Crippen molar-refractivity contribution in [3.8, 4) is 5.88 Å². The molecule has 0 bridgehead atoms. The topological polar surface area (TPSA) is 58.5 Å². The van der Waals surface area contributed by atoms with Gasteiger partial charge in [0.25, 0.3) is 0 Å². The third-order valence-corrected chi connectivity index (χ3v) is 6.37. The Balaban J connectivity index is 1.33. The SMILES string of the molecule is COc1ccc2ncc(F)c(CCN3CCC([C@@H](O)Cc4ccc(C)cc4)CC3)c2n1. The highest BCUT2D eigenvalue weighted by Gasteiger charge is 2.25. The summed E-state index contributed by atoms with van der Waals surface area (Å²) in [6.07, 6.45) is 4.15. The highest BCUT2D eigenvalue weighted by Crippen LogP contribution is 2.25. The number of hydrogen-bond acceptors (Lipinski definition) is 5. The molecular weight excluding hydrogens is 393 g/mol. The number of rotatable bonds is 7. The molecule has 0 amide bonds. The molecule has 0 saturated carbocycles.